The number of carboxylic acid groups (broad SMARTS) is 1. The summed E-state index contributed by atoms with van der Waals surface area (Å²) >= 11 is 0. The Morgan fingerprint density at radius 1 is 1.13 bits per heavy atom. The SMILES string of the molecule is Cc1c(F)c(-c2ccccc2F)c(F)c(C(N)CC(=O)O)c1F. The first-order valence-electron chi connectivity index (χ1n) is 6.64. The third-order valence-electron chi connectivity index (χ3n) is 3.48. The third-order valence-corrected chi connectivity index (χ3v) is 3.48. The Labute approximate surface area is 129 Å². The molecule has 0 aliphatic heterocycles. The number of halogens is 4. The number of carboxylic acids is 1. The molecular formula is C16H13F4NO2. The second-order valence-electron chi connectivity index (χ2n) is 5.04. The van der Waals surface area contributed by atoms with Gasteiger partial charge in [0.05, 0.1) is 12.0 Å². The largest absolute Gasteiger partial charge is 0.481 e. The minimum atomic E-state index is -1.53. The summed E-state index contributed by atoms with van der Waals surface area (Å²) in [6.07, 6.45) is -0.754. The first-order chi connectivity index (χ1) is 10.8. The van der Waals surface area contributed by atoms with Crippen molar-refractivity contribution in [2.45, 2.75) is 19.4 Å². The summed E-state index contributed by atoms with van der Waals surface area (Å²) in [6, 6.07) is 3.32. The van der Waals surface area contributed by atoms with Crippen molar-refractivity contribution in [2.75, 3.05) is 0 Å². The monoisotopic (exact) mass is 327 g/mol. The Bertz CT molecular complexity index is 777. The molecule has 1 atom stereocenters. The number of hydrogen-bond donors (Lipinski definition) is 2. The minimum absolute atomic E-state index is 0.394. The summed E-state index contributed by atoms with van der Waals surface area (Å²) < 4.78 is 56.9. The maximum absolute atomic E-state index is 14.6. The van der Waals surface area contributed by atoms with Gasteiger partial charge in [-0.05, 0) is 13.0 Å². The highest BCUT2D eigenvalue weighted by atomic mass is 19.1. The van der Waals surface area contributed by atoms with Gasteiger partial charge in [-0.1, -0.05) is 18.2 Å². The van der Waals surface area contributed by atoms with E-state index in [0.717, 1.165) is 19.1 Å². The van der Waals surface area contributed by atoms with Gasteiger partial charge >= 0.3 is 5.97 Å². The lowest BCUT2D eigenvalue weighted by molar-refractivity contribution is -0.137. The van der Waals surface area contributed by atoms with Crippen LogP contribution in [0.5, 0.6) is 0 Å². The van der Waals surface area contributed by atoms with E-state index < -0.39 is 64.0 Å². The molecule has 0 radical (unpaired) electrons. The van der Waals surface area contributed by atoms with Crippen molar-refractivity contribution in [1.29, 1.82) is 0 Å². The number of hydrogen-bond acceptors (Lipinski definition) is 2. The van der Waals surface area contributed by atoms with Crippen molar-refractivity contribution in [3.8, 4) is 11.1 Å². The van der Waals surface area contributed by atoms with Gasteiger partial charge in [0.25, 0.3) is 0 Å². The summed E-state index contributed by atoms with van der Waals surface area (Å²) in [5.74, 6) is -6.19. The number of rotatable bonds is 4. The topological polar surface area (TPSA) is 63.3 Å². The molecular weight excluding hydrogens is 314 g/mol. The lowest BCUT2D eigenvalue weighted by atomic mass is 9.93. The van der Waals surface area contributed by atoms with Crippen LogP contribution in [0.4, 0.5) is 17.6 Å². The van der Waals surface area contributed by atoms with Crippen molar-refractivity contribution < 1.29 is 27.5 Å². The predicted octanol–water partition coefficient (Wildman–Crippen LogP) is 3.69. The summed E-state index contributed by atoms with van der Waals surface area (Å²) in [4.78, 5) is 10.7. The fourth-order valence-corrected chi connectivity index (χ4v) is 2.33. The van der Waals surface area contributed by atoms with E-state index in [-0.39, 0.29) is 0 Å². The lowest BCUT2D eigenvalue weighted by Crippen LogP contribution is -2.20. The number of nitrogens with two attached hydrogens (primary N) is 1. The van der Waals surface area contributed by atoms with Crippen LogP contribution in [0.1, 0.15) is 23.6 Å². The van der Waals surface area contributed by atoms with Gasteiger partial charge in [-0.15, -0.1) is 0 Å². The summed E-state index contributed by atoms with van der Waals surface area (Å²) in [6.45, 7) is 1.05. The Kier molecular flexibility index (Phi) is 4.70. The van der Waals surface area contributed by atoms with Gasteiger partial charge in [-0.2, -0.15) is 0 Å². The van der Waals surface area contributed by atoms with Crippen molar-refractivity contribution in [2.24, 2.45) is 5.73 Å². The average molecular weight is 327 g/mol. The first kappa shape index (κ1) is 17.0. The fourth-order valence-electron chi connectivity index (χ4n) is 2.33. The van der Waals surface area contributed by atoms with Gasteiger partial charge in [0.1, 0.15) is 23.3 Å². The molecule has 0 aliphatic rings. The molecule has 0 bridgehead atoms. The normalized spacial score (nSPS) is 12.3. The van der Waals surface area contributed by atoms with Crippen molar-refractivity contribution in [3.63, 3.8) is 0 Å². The van der Waals surface area contributed by atoms with E-state index in [9.17, 15) is 22.4 Å². The molecule has 2 aromatic carbocycles. The molecule has 2 aromatic rings. The number of carbonyl (C=O) groups is 1. The quantitative estimate of drug-likeness (QED) is 0.842. The molecule has 0 saturated heterocycles. The van der Waals surface area contributed by atoms with Crippen LogP contribution in [0.2, 0.25) is 0 Å². The zero-order valence-electron chi connectivity index (χ0n) is 12.0. The predicted molar refractivity (Wildman–Crippen MR) is 75.6 cm³/mol. The average Bonchev–Trinajstić information content (AvgIpc) is 2.46. The zero-order valence-corrected chi connectivity index (χ0v) is 12.0. The third kappa shape index (κ3) is 3.05. The highest BCUT2D eigenvalue weighted by Gasteiger charge is 2.29. The zero-order chi connectivity index (χ0) is 17.3. The van der Waals surface area contributed by atoms with E-state index in [1.165, 1.54) is 12.1 Å². The lowest BCUT2D eigenvalue weighted by Gasteiger charge is -2.18. The van der Waals surface area contributed by atoms with Gasteiger partial charge in [0, 0.05) is 22.7 Å². The van der Waals surface area contributed by atoms with Crippen LogP contribution in [0.25, 0.3) is 11.1 Å². The fraction of sp³-hybridized carbons (Fsp3) is 0.188. The molecule has 122 valence electrons. The van der Waals surface area contributed by atoms with Crippen LogP contribution in [0, 0.1) is 30.2 Å². The molecule has 2 rings (SSSR count). The molecule has 23 heavy (non-hydrogen) atoms. The van der Waals surface area contributed by atoms with Crippen LogP contribution in [-0.4, -0.2) is 11.1 Å². The van der Waals surface area contributed by atoms with Gasteiger partial charge in [0.15, 0.2) is 0 Å². The Hall–Kier alpha value is -2.41. The van der Waals surface area contributed by atoms with Gasteiger partial charge in [-0.25, -0.2) is 17.6 Å². The number of aliphatic carboxylic acids is 1. The molecule has 1 unspecified atom stereocenters. The Balaban J connectivity index is 2.77. The molecule has 0 heterocycles. The Morgan fingerprint density at radius 3 is 2.30 bits per heavy atom. The molecule has 0 saturated carbocycles. The van der Waals surface area contributed by atoms with Crippen LogP contribution in [0.3, 0.4) is 0 Å². The highest BCUT2D eigenvalue weighted by Crippen LogP contribution is 2.36. The second-order valence-corrected chi connectivity index (χ2v) is 5.04. The minimum Gasteiger partial charge on any atom is -0.481 e. The van der Waals surface area contributed by atoms with E-state index in [0.29, 0.717) is 0 Å². The number of benzene rings is 2. The van der Waals surface area contributed by atoms with Crippen molar-refractivity contribution in [3.05, 3.63) is 58.7 Å². The Morgan fingerprint density at radius 2 is 1.74 bits per heavy atom. The maximum atomic E-state index is 14.6. The van der Waals surface area contributed by atoms with Crippen molar-refractivity contribution >= 4 is 5.97 Å². The van der Waals surface area contributed by atoms with E-state index >= 15 is 0 Å². The van der Waals surface area contributed by atoms with Crippen LogP contribution >= 0.6 is 0 Å². The smallest absolute Gasteiger partial charge is 0.305 e. The van der Waals surface area contributed by atoms with Crippen LogP contribution in [-0.2, 0) is 4.79 Å². The second kappa shape index (κ2) is 6.37. The summed E-state index contributed by atoms with van der Waals surface area (Å²) in [5.41, 5.74) is 3.04. The molecule has 0 aliphatic carbocycles. The molecule has 7 heteroatoms. The standard InChI is InChI=1S/C16H13F4NO2/c1-7-14(18)12(8-4-2-3-5-9(8)17)16(20)13(15(7)19)10(21)6-11(22)23/h2-5,10H,6,21H2,1H3,(H,22,23). The van der Waals surface area contributed by atoms with Gasteiger partial charge < -0.3 is 10.8 Å². The van der Waals surface area contributed by atoms with Crippen LogP contribution in [0.15, 0.2) is 24.3 Å². The maximum Gasteiger partial charge on any atom is 0.305 e. The first-order valence-corrected chi connectivity index (χ1v) is 6.64. The van der Waals surface area contributed by atoms with Crippen LogP contribution < -0.4 is 5.73 Å². The molecule has 0 fully saturated rings. The molecule has 0 spiro atoms. The van der Waals surface area contributed by atoms with Gasteiger partial charge in [-0.3, -0.25) is 4.79 Å². The van der Waals surface area contributed by atoms with E-state index in [2.05, 4.69) is 0 Å². The summed E-state index contributed by atoms with van der Waals surface area (Å²) in [5, 5.41) is 8.72. The summed E-state index contributed by atoms with van der Waals surface area (Å²) in [7, 11) is 0. The van der Waals surface area contributed by atoms with E-state index in [1.54, 1.807) is 0 Å². The molecule has 3 N–H and O–H groups in total. The molecule has 0 aromatic heterocycles. The molecule has 0 amide bonds. The molecule has 3 nitrogen and oxygen atoms in total. The van der Waals surface area contributed by atoms with Gasteiger partial charge in [0.2, 0.25) is 0 Å². The van der Waals surface area contributed by atoms with Crippen molar-refractivity contribution in [1.82, 2.24) is 0 Å². The van der Waals surface area contributed by atoms with E-state index in [1.807, 2.05) is 0 Å². The van der Waals surface area contributed by atoms with E-state index in [4.69, 9.17) is 10.8 Å². The highest BCUT2D eigenvalue weighted by molar-refractivity contribution is 5.70.